The highest BCUT2D eigenvalue weighted by Crippen LogP contribution is 2.31. The molecule has 112 heavy (non-hydrogen) atoms. The largest absolute Gasteiger partial charge is 0.508 e. The lowest BCUT2D eigenvalue weighted by Crippen LogP contribution is -2.62. The van der Waals surface area contributed by atoms with Gasteiger partial charge in [-0.15, -0.1) is 0 Å². The fraction of sp³-hybridized carbons (Fsp3) is 0.557. The minimum atomic E-state index is -1.85. The van der Waals surface area contributed by atoms with Crippen LogP contribution in [0.5, 0.6) is 5.75 Å². The van der Waals surface area contributed by atoms with Gasteiger partial charge in [-0.25, -0.2) is 0 Å². The molecule has 18 N–H and O–H groups in total. The highest BCUT2D eigenvalue weighted by molar-refractivity contribution is 6.41. The van der Waals surface area contributed by atoms with E-state index in [1.807, 2.05) is 0 Å². The number of H-pyrrole nitrogens is 1. The fourth-order valence-corrected chi connectivity index (χ4v) is 12.3. The first-order valence-corrected chi connectivity index (χ1v) is 37.5. The Hall–Kier alpha value is -11.2. The standard InChI is InChI=1S/C79H110N14O19/c1-43(2)36-54-42-84-58(30-32-62(80)96)67(102)66(101)48(7)86-74(109)61(38-53-41-83-57-25-21-20-24-56(53)57)91-75(110)60(37-52-26-28-55(95)29-27-52)90-73(108)59(31-33-63(97)98)92-76(111)78(11,39-45(4)94)34-22-18-16-14-13-15-17-19-23-35-79(12,93-72(54)107)77(112)89-51(10)71(106)88-50(9)70(105)87-49(8)69(104)85-47(6)65(100)64(99)46(5)82-40-44(3)68(81)103/h20-21,24-29,41,43-44,46-51,54,58-61,82-84,95H,16,18-19,22-23,30-40,42H2,1-12H3,(H2,80,96)(H2,81,103)(H,85,104)(H,86,109)(H,87,105)(H,88,106)(H,89,112)(H,90,108)(H,91,110)(H,92,111)(H,93,107)(H,97,98)/t44-,46-,47-,48?,49?,50-,51?,54+,58-,59-,60?,61-,78-,79-/m0/s1. The molecule has 0 bridgehead atoms. The molecule has 11 amide bonds. The molecule has 0 radical (unpaired) electrons. The minimum absolute atomic E-state index is 0.0102. The van der Waals surface area contributed by atoms with Crippen LogP contribution in [0.2, 0.25) is 0 Å². The van der Waals surface area contributed by atoms with Gasteiger partial charge in [-0.2, -0.15) is 0 Å². The number of carbonyl (C=O) groups is 17. The Morgan fingerprint density at radius 1 is 0.607 bits per heavy atom. The van der Waals surface area contributed by atoms with Gasteiger partial charge in [-0.3, -0.25) is 81.5 Å². The van der Waals surface area contributed by atoms with Crippen LogP contribution < -0.4 is 70.0 Å². The van der Waals surface area contributed by atoms with Gasteiger partial charge in [0.1, 0.15) is 53.3 Å². The molecule has 14 atom stereocenters. The predicted octanol–water partition coefficient (Wildman–Crippen LogP) is 0.375. The second kappa shape index (κ2) is 44.6. The lowest BCUT2D eigenvalue weighted by atomic mass is 9.79. The molecule has 33 nitrogen and oxygen atoms in total. The van der Waals surface area contributed by atoms with E-state index in [1.165, 1.54) is 93.5 Å². The van der Waals surface area contributed by atoms with E-state index in [9.17, 15) is 91.7 Å². The van der Waals surface area contributed by atoms with Crippen molar-refractivity contribution in [2.45, 2.75) is 245 Å². The number of aromatic nitrogens is 1. The zero-order valence-corrected chi connectivity index (χ0v) is 65.7. The van der Waals surface area contributed by atoms with E-state index in [-0.39, 0.29) is 94.7 Å². The number of carboxylic acids is 1. The number of hydrogen-bond donors (Lipinski definition) is 16. The highest BCUT2D eigenvalue weighted by atomic mass is 16.4. The van der Waals surface area contributed by atoms with Gasteiger partial charge in [-0.05, 0) is 147 Å². The van der Waals surface area contributed by atoms with Crippen molar-refractivity contribution in [1.29, 1.82) is 0 Å². The van der Waals surface area contributed by atoms with Crippen molar-refractivity contribution in [3.8, 4) is 29.4 Å². The summed E-state index contributed by atoms with van der Waals surface area (Å²) < 4.78 is 0. The van der Waals surface area contributed by atoms with Crippen molar-refractivity contribution in [1.82, 2.24) is 63.5 Å². The molecule has 0 spiro atoms. The number of carboxylic acid groups (broad SMARTS) is 1. The Labute approximate surface area is 651 Å². The summed E-state index contributed by atoms with van der Waals surface area (Å²) in [6.45, 7) is 16.8. The van der Waals surface area contributed by atoms with Crippen LogP contribution in [0, 0.1) is 46.9 Å². The van der Waals surface area contributed by atoms with Crippen LogP contribution in [0.25, 0.3) is 10.9 Å². The molecule has 1 aliphatic heterocycles. The topological polar surface area (TPSA) is 531 Å². The van der Waals surface area contributed by atoms with E-state index in [2.05, 4.69) is 87.2 Å². The number of phenolic OH excluding ortho intramolecular Hbond substituents is 1. The Morgan fingerprint density at radius 3 is 1.73 bits per heavy atom. The molecule has 0 aliphatic carbocycles. The number of ketones is 5. The summed E-state index contributed by atoms with van der Waals surface area (Å²) in [6.07, 6.45) is 0.127. The van der Waals surface area contributed by atoms with Gasteiger partial charge in [0.05, 0.1) is 35.5 Å². The number of aromatic hydroxyl groups is 1. The summed E-state index contributed by atoms with van der Waals surface area (Å²) in [5.41, 5.74) is 9.07. The van der Waals surface area contributed by atoms with Crippen LogP contribution in [0.1, 0.15) is 178 Å². The number of aromatic amines is 1. The minimum Gasteiger partial charge on any atom is -0.508 e. The number of nitrogens with one attached hydrogen (secondary N) is 12. The number of fused-ring (bicyclic) bond motifs is 1. The molecule has 0 saturated heterocycles. The van der Waals surface area contributed by atoms with Crippen LogP contribution in [0.3, 0.4) is 0 Å². The number of primary amides is 2. The summed E-state index contributed by atoms with van der Waals surface area (Å²) in [7, 11) is 0. The van der Waals surface area contributed by atoms with Gasteiger partial charge in [-0.1, -0.05) is 76.3 Å². The molecule has 610 valence electrons. The van der Waals surface area contributed by atoms with Gasteiger partial charge in [0.15, 0.2) is 0 Å². The summed E-state index contributed by atoms with van der Waals surface area (Å²) in [4.78, 5) is 235. The molecule has 1 aromatic heterocycles. The number of benzene rings is 2. The van der Waals surface area contributed by atoms with E-state index in [0.29, 0.717) is 34.9 Å². The summed E-state index contributed by atoms with van der Waals surface area (Å²) in [6, 6.07) is -1.83. The van der Waals surface area contributed by atoms with E-state index >= 15 is 0 Å². The van der Waals surface area contributed by atoms with Crippen molar-refractivity contribution < 1.29 is 91.7 Å². The van der Waals surface area contributed by atoms with E-state index < -0.39 is 197 Å². The molecule has 4 unspecified atom stereocenters. The lowest BCUT2D eigenvalue weighted by Gasteiger charge is -2.33. The SMILES string of the molecule is CC(=O)C[C@]1(C)CCCCC#CC#CCCC[C@@](C)(C(=O)NC(C)C(=O)N[C@@H](C)C(=O)NC(C)C(=O)N[C@@H](C)C(=O)C(=O)[C@H](C)NC[C@H](C)C(N)=O)NC(=O)[C@H](CC(C)C)CN[C@@H](CCC(N)=O)C(=O)C(=O)C(C)NC(=O)[C@H](Cc2c[nH]c3ccccc23)NC(=O)C(Cc2ccc(O)cc2)NC(=O)[C@H](CCC(=O)O)NC1=O. The number of Topliss-reactive ketones (excluding diaryl/α,β-unsaturated/α-hetero) is 5. The number of amides is 11. The number of nitrogens with two attached hydrogens (primary N) is 2. The van der Waals surface area contributed by atoms with Gasteiger partial charge in [0, 0.05) is 81.1 Å². The first kappa shape index (κ1) is 93.2. The molecule has 0 saturated carbocycles. The number of para-hydroxylation sites is 1. The zero-order chi connectivity index (χ0) is 83.9. The maximum absolute atomic E-state index is 15.0. The molecular weight excluding hydrogens is 1450 g/mol. The van der Waals surface area contributed by atoms with Crippen LogP contribution in [0.15, 0.2) is 54.7 Å². The second-order valence-corrected chi connectivity index (χ2v) is 29.7. The third-order valence-corrected chi connectivity index (χ3v) is 19.2. The van der Waals surface area contributed by atoms with Crippen LogP contribution in [-0.2, 0) is 94.3 Å². The van der Waals surface area contributed by atoms with Crippen molar-refractivity contribution in [3.63, 3.8) is 0 Å². The average molecular weight is 1560 g/mol. The first-order valence-electron chi connectivity index (χ1n) is 37.5. The molecule has 1 aliphatic rings. The Kier molecular flexibility index (Phi) is 37.1. The maximum Gasteiger partial charge on any atom is 0.303 e. The van der Waals surface area contributed by atoms with Crippen LogP contribution in [-0.4, -0.2) is 194 Å². The fourth-order valence-electron chi connectivity index (χ4n) is 12.3. The predicted molar refractivity (Wildman–Crippen MR) is 411 cm³/mol. The smallest absolute Gasteiger partial charge is 0.303 e. The van der Waals surface area contributed by atoms with Gasteiger partial charge < -0.3 is 85.1 Å². The third-order valence-electron chi connectivity index (χ3n) is 19.2. The summed E-state index contributed by atoms with van der Waals surface area (Å²) >= 11 is 0. The Bertz CT molecular complexity index is 4080. The molecule has 2 aromatic carbocycles. The third kappa shape index (κ3) is 30.2. The normalized spacial score (nSPS) is 22.7. The van der Waals surface area contributed by atoms with Crippen molar-refractivity contribution >= 4 is 111 Å². The average Bonchev–Trinajstić information content (AvgIpc) is 1.18. The molecule has 2 heterocycles. The number of carbonyl (C=O) groups excluding carboxylic acids is 16. The molecular formula is C79H110N14O19. The van der Waals surface area contributed by atoms with Gasteiger partial charge in [0.25, 0.3) is 0 Å². The summed E-state index contributed by atoms with van der Waals surface area (Å²) in [5, 5.41) is 49.6. The maximum atomic E-state index is 15.0. The monoisotopic (exact) mass is 1560 g/mol. The Balaban J connectivity index is 1.73. The molecule has 33 heteroatoms. The number of hydrogen-bond acceptors (Lipinski definition) is 20. The summed E-state index contributed by atoms with van der Waals surface area (Å²) in [5.74, 6) is -6.08. The van der Waals surface area contributed by atoms with Gasteiger partial charge >= 0.3 is 5.97 Å². The number of rotatable bonds is 29. The van der Waals surface area contributed by atoms with Crippen LogP contribution >= 0.6 is 0 Å². The highest BCUT2D eigenvalue weighted by Gasteiger charge is 2.42. The molecule has 0 fully saturated rings. The van der Waals surface area contributed by atoms with Crippen molar-refractivity contribution in [3.05, 3.63) is 65.9 Å². The van der Waals surface area contributed by atoms with E-state index in [4.69, 9.17) is 11.5 Å². The first-order chi connectivity index (χ1) is 52.6. The van der Waals surface area contributed by atoms with E-state index in [0.717, 1.165) is 0 Å². The molecule has 3 aromatic rings. The Morgan fingerprint density at radius 2 is 1.15 bits per heavy atom. The van der Waals surface area contributed by atoms with Crippen molar-refractivity contribution in [2.24, 2.45) is 34.6 Å². The second-order valence-electron chi connectivity index (χ2n) is 29.7. The number of phenols is 1. The zero-order valence-electron chi connectivity index (χ0n) is 65.7. The van der Waals surface area contributed by atoms with E-state index in [1.54, 1.807) is 44.3 Å². The lowest BCUT2D eigenvalue weighted by molar-refractivity contribution is -0.140. The van der Waals surface area contributed by atoms with Crippen LogP contribution in [0.4, 0.5) is 0 Å². The van der Waals surface area contributed by atoms with Gasteiger partial charge in [0.2, 0.25) is 88.1 Å². The quantitative estimate of drug-likeness (QED) is 0.0330. The van der Waals surface area contributed by atoms with Crippen molar-refractivity contribution in [2.75, 3.05) is 13.1 Å². The number of aliphatic carboxylic acids is 1. The molecule has 4 rings (SSSR count).